The molecule has 0 saturated heterocycles. The number of rotatable bonds is 2. The van der Waals surface area contributed by atoms with Crippen LogP contribution in [0.3, 0.4) is 0 Å². The van der Waals surface area contributed by atoms with E-state index in [0.29, 0.717) is 0 Å². The van der Waals surface area contributed by atoms with Gasteiger partial charge in [-0.2, -0.15) is 39.5 Å². The molecule has 1 aromatic rings. The first kappa shape index (κ1) is 17.6. The lowest BCUT2D eigenvalue weighted by molar-refractivity contribution is -0.149. The minimum absolute atomic E-state index is 0.0719. The fraction of sp³-hybridized carbons (Fsp3) is 0.500. The molecule has 0 fully saturated rings. The Hall–Kier alpha value is -1.41. The predicted molar refractivity (Wildman–Crippen MR) is 55.4 cm³/mol. The lowest BCUT2D eigenvalue weighted by Crippen LogP contribution is -2.19. The van der Waals surface area contributed by atoms with E-state index in [1.807, 2.05) is 0 Å². The number of hydrogen-bond donors (Lipinski definition) is 0. The highest BCUT2D eigenvalue weighted by molar-refractivity contribution is 5.43. The van der Waals surface area contributed by atoms with E-state index >= 15 is 0 Å². The van der Waals surface area contributed by atoms with Crippen LogP contribution in [-0.2, 0) is 24.9 Å². The minimum Gasteiger partial charge on any atom is -0.166 e. The van der Waals surface area contributed by atoms with Gasteiger partial charge in [0, 0.05) is 0 Å². The van der Waals surface area contributed by atoms with Crippen molar-refractivity contribution in [2.45, 2.75) is 38.3 Å². The summed E-state index contributed by atoms with van der Waals surface area (Å²) < 4.78 is 114. The molecule has 0 atom stereocenters. The van der Waals surface area contributed by atoms with Gasteiger partial charge in [0.2, 0.25) is 0 Å². The van der Waals surface area contributed by atoms with Gasteiger partial charge >= 0.3 is 18.5 Å². The molecule has 0 aliphatic carbocycles. The maximum absolute atomic E-state index is 12.8. The van der Waals surface area contributed by atoms with E-state index in [0.717, 1.165) is 0 Å². The molecule has 0 bridgehead atoms. The molecule has 120 valence electrons. The van der Waals surface area contributed by atoms with Crippen LogP contribution in [0.25, 0.3) is 0 Å². The summed E-state index contributed by atoms with van der Waals surface area (Å²) in [5.74, 6) is 0. The summed E-state index contributed by atoms with van der Waals surface area (Å²) in [6.07, 6.45) is -16.6. The summed E-state index contributed by atoms with van der Waals surface area (Å²) in [4.78, 5) is 0. The van der Waals surface area contributed by atoms with Crippen molar-refractivity contribution >= 4 is 0 Å². The average Bonchev–Trinajstić information content (AvgIpc) is 2.24. The molecule has 0 saturated carbocycles. The van der Waals surface area contributed by atoms with Crippen LogP contribution in [0.4, 0.5) is 39.5 Å². The van der Waals surface area contributed by atoms with Crippen LogP contribution in [0.2, 0.25) is 0 Å². The van der Waals surface area contributed by atoms with E-state index in [4.69, 9.17) is 0 Å². The molecule has 0 N–H and O–H groups in total. The molecule has 0 radical (unpaired) electrons. The van der Waals surface area contributed by atoms with Crippen molar-refractivity contribution < 1.29 is 39.5 Å². The lowest BCUT2D eigenvalue weighted by Gasteiger charge is -2.21. The van der Waals surface area contributed by atoms with Gasteiger partial charge in [-0.25, -0.2) is 0 Å². The molecule has 1 rings (SSSR count). The Morgan fingerprint density at radius 1 is 0.714 bits per heavy atom. The first-order chi connectivity index (χ1) is 9.28. The largest absolute Gasteiger partial charge is 0.416 e. The van der Waals surface area contributed by atoms with E-state index in [-0.39, 0.29) is 18.6 Å². The van der Waals surface area contributed by atoms with Crippen molar-refractivity contribution in [3.63, 3.8) is 0 Å². The van der Waals surface area contributed by atoms with E-state index < -0.39 is 47.2 Å². The van der Waals surface area contributed by atoms with E-state index in [2.05, 4.69) is 0 Å². The third-order valence-electron chi connectivity index (χ3n) is 2.69. The smallest absolute Gasteiger partial charge is 0.166 e. The van der Waals surface area contributed by atoms with E-state index in [9.17, 15) is 39.5 Å². The molecular weight excluding hydrogens is 315 g/mol. The number of halogens is 9. The summed E-state index contributed by atoms with van der Waals surface area (Å²) in [5.41, 5.74) is -6.93. The fourth-order valence-electron chi connectivity index (χ4n) is 1.86. The van der Waals surface area contributed by atoms with Crippen molar-refractivity contribution in [3.8, 4) is 0 Å². The predicted octanol–water partition coefficient (Wildman–Crippen LogP) is 5.70. The normalized spacial score (nSPS) is 13.6. The molecule has 0 aromatic heterocycles. The molecule has 0 heterocycles. The van der Waals surface area contributed by atoms with Gasteiger partial charge in [0.25, 0.3) is 0 Å². The lowest BCUT2D eigenvalue weighted by atomic mass is 9.93. The Morgan fingerprint density at radius 2 is 1.10 bits per heavy atom. The van der Waals surface area contributed by atoms with Gasteiger partial charge in [0.15, 0.2) is 0 Å². The Labute approximate surface area is 113 Å². The van der Waals surface area contributed by atoms with Gasteiger partial charge in [0.05, 0.1) is 16.7 Å². The standard InChI is InChI=1S/C12H9F9/c1-2-3-7-8(11(16,17)18)4-6(10(13,14)15)5-9(7)12(19,20)21/h4-5H,2-3H2,1H3. The van der Waals surface area contributed by atoms with Crippen molar-refractivity contribution in [2.75, 3.05) is 0 Å². The number of benzene rings is 1. The molecule has 0 spiro atoms. The van der Waals surface area contributed by atoms with Crippen LogP contribution >= 0.6 is 0 Å². The molecular formula is C12H9F9. The van der Waals surface area contributed by atoms with Gasteiger partial charge in [-0.05, 0) is 24.1 Å². The fourth-order valence-corrected chi connectivity index (χ4v) is 1.86. The zero-order valence-electron chi connectivity index (χ0n) is 10.5. The zero-order valence-corrected chi connectivity index (χ0v) is 10.5. The van der Waals surface area contributed by atoms with Crippen LogP contribution in [0.15, 0.2) is 12.1 Å². The Morgan fingerprint density at radius 3 is 1.33 bits per heavy atom. The molecule has 21 heavy (non-hydrogen) atoms. The second-order valence-electron chi connectivity index (χ2n) is 4.29. The first-order valence-electron chi connectivity index (χ1n) is 5.67. The molecule has 0 aliphatic heterocycles. The van der Waals surface area contributed by atoms with Crippen LogP contribution in [0.1, 0.15) is 35.6 Å². The van der Waals surface area contributed by atoms with Gasteiger partial charge in [-0.1, -0.05) is 13.3 Å². The molecule has 0 aliphatic rings. The molecule has 0 unspecified atom stereocenters. The third-order valence-corrected chi connectivity index (χ3v) is 2.69. The first-order valence-corrected chi connectivity index (χ1v) is 5.67. The van der Waals surface area contributed by atoms with Crippen LogP contribution in [-0.4, -0.2) is 0 Å². The second-order valence-corrected chi connectivity index (χ2v) is 4.29. The maximum Gasteiger partial charge on any atom is 0.416 e. The highest BCUT2D eigenvalue weighted by Crippen LogP contribution is 2.43. The van der Waals surface area contributed by atoms with Gasteiger partial charge in [-0.15, -0.1) is 0 Å². The Bertz CT molecular complexity index is 470. The Balaban J connectivity index is 3.75. The SMILES string of the molecule is CCCc1c(C(F)(F)F)cc(C(F)(F)F)cc1C(F)(F)F. The van der Waals surface area contributed by atoms with E-state index in [1.54, 1.807) is 0 Å². The number of hydrogen-bond acceptors (Lipinski definition) is 0. The van der Waals surface area contributed by atoms with Crippen molar-refractivity contribution in [2.24, 2.45) is 0 Å². The van der Waals surface area contributed by atoms with Crippen molar-refractivity contribution in [1.29, 1.82) is 0 Å². The van der Waals surface area contributed by atoms with E-state index in [1.165, 1.54) is 6.92 Å². The summed E-state index contributed by atoms with van der Waals surface area (Å²) in [6, 6.07) is -0.555. The minimum atomic E-state index is -5.30. The molecule has 1 aromatic carbocycles. The highest BCUT2D eigenvalue weighted by atomic mass is 19.4. The van der Waals surface area contributed by atoms with Crippen LogP contribution in [0.5, 0.6) is 0 Å². The maximum atomic E-state index is 12.8. The van der Waals surface area contributed by atoms with Crippen molar-refractivity contribution in [3.05, 3.63) is 34.4 Å². The zero-order chi connectivity index (χ0) is 16.6. The topological polar surface area (TPSA) is 0 Å². The second kappa shape index (κ2) is 5.42. The summed E-state index contributed by atoms with van der Waals surface area (Å²) in [6.45, 7) is 1.33. The summed E-state index contributed by atoms with van der Waals surface area (Å²) in [5, 5.41) is 0. The van der Waals surface area contributed by atoms with Crippen LogP contribution in [0, 0.1) is 0 Å². The summed E-state index contributed by atoms with van der Waals surface area (Å²) >= 11 is 0. The van der Waals surface area contributed by atoms with Gasteiger partial charge in [0.1, 0.15) is 0 Å². The monoisotopic (exact) mass is 324 g/mol. The third kappa shape index (κ3) is 4.04. The molecule has 0 amide bonds. The average molecular weight is 324 g/mol. The number of alkyl halides is 9. The summed E-state index contributed by atoms with van der Waals surface area (Å²) in [7, 11) is 0. The highest BCUT2D eigenvalue weighted by Gasteiger charge is 2.44. The van der Waals surface area contributed by atoms with Crippen LogP contribution < -0.4 is 0 Å². The quantitative estimate of drug-likeness (QED) is 0.613. The van der Waals surface area contributed by atoms with Gasteiger partial charge in [-0.3, -0.25) is 0 Å². The molecule has 0 nitrogen and oxygen atoms in total. The molecule has 9 heteroatoms. The van der Waals surface area contributed by atoms with Gasteiger partial charge < -0.3 is 0 Å². The van der Waals surface area contributed by atoms with Crippen molar-refractivity contribution in [1.82, 2.24) is 0 Å². The Kier molecular flexibility index (Phi) is 4.55.